The quantitative estimate of drug-likeness (QED) is 0.712. The average molecular weight is 270 g/mol. The lowest BCUT2D eigenvalue weighted by molar-refractivity contribution is -0.130. The summed E-state index contributed by atoms with van der Waals surface area (Å²) >= 11 is 5.58. The van der Waals surface area contributed by atoms with Crippen LogP contribution in [0.2, 0.25) is 0 Å². The van der Waals surface area contributed by atoms with Crippen LogP contribution < -0.4 is 4.74 Å². The third-order valence-corrected chi connectivity index (χ3v) is 2.85. The zero-order valence-electron chi connectivity index (χ0n) is 11.0. The Morgan fingerprint density at radius 1 is 1.44 bits per heavy atom. The van der Waals surface area contributed by atoms with Gasteiger partial charge in [0, 0.05) is 25.9 Å². The van der Waals surface area contributed by atoms with Crippen molar-refractivity contribution in [3.05, 3.63) is 29.8 Å². The highest BCUT2D eigenvalue weighted by atomic mass is 35.5. The number of carbonyl (C=O) groups is 1. The number of benzene rings is 1. The Morgan fingerprint density at radius 2 is 2.22 bits per heavy atom. The largest absolute Gasteiger partial charge is 0.494 e. The van der Waals surface area contributed by atoms with E-state index in [1.54, 1.807) is 4.90 Å². The number of rotatable bonds is 7. The molecule has 0 N–H and O–H groups in total. The Morgan fingerprint density at radius 3 is 2.89 bits per heavy atom. The molecule has 0 bridgehead atoms. The van der Waals surface area contributed by atoms with E-state index in [1.807, 2.05) is 38.2 Å². The predicted octanol–water partition coefficient (Wildman–Crippen LogP) is 3.06. The van der Waals surface area contributed by atoms with E-state index >= 15 is 0 Å². The van der Waals surface area contributed by atoms with Crippen LogP contribution in [0.1, 0.15) is 25.3 Å². The van der Waals surface area contributed by atoms with Gasteiger partial charge in [-0.2, -0.15) is 0 Å². The van der Waals surface area contributed by atoms with Gasteiger partial charge in [0.25, 0.3) is 0 Å². The molecule has 1 rings (SSSR count). The lowest BCUT2D eigenvalue weighted by Crippen LogP contribution is -2.25. The summed E-state index contributed by atoms with van der Waals surface area (Å²) in [5.41, 5.74) is 1.07. The lowest BCUT2D eigenvalue weighted by Gasteiger charge is -2.17. The number of alkyl halides is 1. The van der Waals surface area contributed by atoms with Gasteiger partial charge < -0.3 is 9.64 Å². The first kappa shape index (κ1) is 14.8. The second-order valence-corrected chi connectivity index (χ2v) is 4.50. The van der Waals surface area contributed by atoms with Crippen LogP contribution in [0.15, 0.2) is 24.3 Å². The van der Waals surface area contributed by atoms with Crippen LogP contribution in [0.4, 0.5) is 0 Å². The van der Waals surface area contributed by atoms with Crippen molar-refractivity contribution in [2.45, 2.75) is 26.3 Å². The van der Waals surface area contributed by atoms with Crippen LogP contribution in [0.5, 0.6) is 5.75 Å². The van der Waals surface area contributed by atoms with Gasteiger partial charge in [-0.25, -0.2) is 0 Å². The zero-order chi connectivity index (χ0) is 13.4. The third-order valence-electron chi connectivity index (χ3n) is 2.58. The van der Waals surface area contributed by atoms with Crippen LogP contribution in [0.25, 0.3) is 0 Å². The molecule has 0 radical (unpaired) electrons. The Kier molecular flexibility index (Phi) is 6.58. The van der Waals surface area contributed by atoms with Crippen LogP contribution in [-0.4, -0.2) is 30.3 Å². The van der Waals surface area contributed by atoms with Crippen molar-refractivity contribution in [3.63, 3.8) is 0 Å². The van der Waals surface area contributed by atoms with Crippen molar-refractivity contribution in [1.82, 2.24) is 4.90 Å². The minimum Gasteiger partial charge on any atom is -0.494 e. The van der Waals surface area contributed by atoms with Crippen molar-refractivity contribution in [3.8, 4) is 5.75 Å². The molecule has 1 amide bonds. The summed E-state index contributed by atoms with van der Waals surface area (Å²) < 4.78 is 5.43. The molecule has 0 aliphatic rings. The van der Waals surface area contributed by atoms with Gasteiger partial charge >= 0.3 is 0 Å². The van der Waals surface area contributed by atoms with Crippen molar-refractivity contribution in [2.24, 2.45) is 0 Å². The molecule has 0 heterocycles. The van der Waals surface area contributed by atoms with Crippen LogP contribution in [0.3, 0.4) is 0 Å². The van der Waals surface area contributed by atoms with Gasteiger partial charge in [-0.15, -0.1) is 11.6 Å². The van der Waals surface area contributed by atoms with Gasteiger partial charge in [0.15, 0.2) is 0 Å². The van der Waals surface area contributed by atoms with Gasteiger partial charge in [-0.05, 0) is 31.0 Å². The molecule has 0 spiro atoms. The molecule has 0 saturated carbocycles. The van der Waals surface area contributed by atoms with E-state index in [2.05, 4.69) is 0 Å². The molecule has 1 aromatic carbocycles. The molecule has 0 aliphatic heterocycles. The summed E-state index contributed by atoms with van der Waals surface area (Å²) in [6.07, 6.45) is 1.23. The molecule has 0 atom stereocenters. The molecule has 1 aromatic rings. The van der Waals surface area contributed by atoms with Crippen molar-refractivity contribution in [1.29, 1.82) is 0 Å². The summed E-state index contributed by atoms with van der Waals surface area (Å²) in [6.45, 7) is 3.20. The Hall–Kier alpha value is -1.22. The maximum absolute atomic E-state index is 11.8. The van der Waals surface area contributed by atoms with Crippen molar-refractivity contribution >= 4 is 17.5 Å². The minimum absolute atomic E-state index is 0.123. The molecule has 0 saturated heterocycles. The van der Waals surface area contributed by atoms with Gasteiger partial charge in [0.2, 0.25) is 5.91 Å². The first-order chi connectivity index (χ1) is 8.67. The predicted molar refractivity (Wildman–Crippen MR) is 74.0 cm³/mol. The maximum atomic E-state index is 11.8. The van der Waals surface area contributed by atoms with E-state index < -0.39 is 0 Å². The topological polar surface area (TPSA) is 29.5 Å². The Balaban J connectivity index is 2.55. The van der Waals surface area contributed by atoms with Gasteiger partial charge in [0.1, 0.15) is 5.75 Å². The summed E-state index contributed by atoms with van der Waals surface area (Å²) in [5, 5.41) is 0. The number of hydrogen-bond donors (Lipinski definition) is 0. The fraction of sp³-hybridized carbons (Fsp3) is 0.500. The third kappa shape index (κ3) is 4.96. The molecule has 18 heavy (non-hydrogen) atoms. The highest BCUT2D eigenvalue weighted by Gasteiger charge is 2.08. The molecule has 0 aromatic heterocycles. The van der Waals surface area contributed by atoms with Gasteiger partial charge in [-0.3, -0.25) is 4.79 Å². The smallest absolute Gasteiger partial charge is 0.222 e. The standard InChI is InChI=1S/C14H20ClNO2/c1-3-18-13-7-4-6-12(10-13)11-16(2)14(17)8-5-9-15/h4,6-7,10H,3,5,8-9,11H2,1-2H3. The van der Waals surface area contributed by atoms with E-state index in [-0.39, 0.29) is 5.91 Å². The number of nitrogens with zero attached hydrogens (tertiary/aromatic N) is 1. The number of amides is 1. The Labute approximate surface area is 114 Å². The molecule has 3 nitrogen and oxygen atoms in total. The molecule has 4 heteroatoms. The molecular formula is C14H20ClNO2. The summed E-state index contributed by atoms with van der Waals surface area (Å²) in [5.74, 6) is 1.49. The molecule has 0 fully saturated rings. The highest BCUT2D eigenvalue weighted by molar-refractivity contribution is 6.17. The van der Waals surface area contributed by atoms with E-state index in [1.165, 1.54) is 0 Å². The first-order valence-electron chi connectivity index (χ1n) is 6.19. The number of ether oxygens (including phenoxy) is 1. The SMILES string of the molecule is CCOc1cccc(CN(C)C(=O)CCCCl)c1. The minimum atomic E-state index is 0.123. The fourth-order valence-corrected chi connectivity index (χ4v) is 1.80. The lowest BCUT2D eigenvalue weighted by atomic mass is 10.2. The zero-order valence-corrected chi connectivity index (χ0v) is 11.7. The van der Waals surface area contributed by atoms with Gasteiger partial charge in [0.05, 0.1) is 6.61 Å². The van der Waals surface area contributed by atoms with Crippen LogP contribution in [0, 0.1) is 0 Å². The molecule has 0 unspecified atom stereocenters. The summed E-state index contributed by atoms with van der Waals surface area (Å²) in [7, 11) is 1.81. The number of carbonyl (C=O) groups excluding carboxylic acids is 1. The first-order valence-corrected chi connectivity index (χ1v) is 6.72. The van der Waals surface area contributed by atoms with Gasteiger partial charge in [-0.1, -0.05) is 12.1 Å². The van der Waals surface area contributed by atoms with E-state index in [9.17, 15) is 4.79 Å². The molecular weight excluding hydrogens is 250 g/mol. The van der Waals surface area contributed by atoms with E-state index in [4.69, 9.17) is 16.3 Å². The van der Waals surface area contributed by atoms with Crippen molar-refractivity contribution in [2.75, 3.05) is 19.5 Å². The normalized spacial score (nSPS) is 10.2. The second-order valence-electron chi connectivity index (χ2n) is 4.12. The Bertz CT molecular complexity index is 382. The highest BCUT2D eigenvalue weighted by Crippen LogP contribution is 2.15. The number of hydrogen-bond acceptors (Lipinski definition) is 2. The van der Waals surface area contributed by atoms with E-state index in [0.717, 1.165) is 17.7 Å². The summed E-state index contributed by atoms with van der Waals surface area (Å²) in [6, 6.07) is 7.82. The fourth-order valence-electron chi connectivity index (χ4n) is 1.67. The van der Waals surface area contributed by atoms with Crippen LogP contribution in [-0.2, 0) is 11.3 Å². The number of halogens is 1. The monoisotopic (exact) mass is 269 g/mol. The average Bonchev–Trinajstić information content (AvgIpc) is 2.36. The second kappa shape index (κ2) is 7.98. The maximum Gasteiger partial charge on any atom is 0.222 e. The summed E-state index contributed by atoms with van der Waals surface area (Å²) in [4.78, 5) is 13.5. The van der Waals surface area contributed by atoms with E-state index in [0.29, 0.717) is 25.5 Å². The molecule has 0 aliphatic carbocycles. The molecule has 100 valence electrons. The van der Waals surface area contributed by atoms with Crippen molar-refractivity contribution < 1.29 is 9.53 Å². The van der Waals surface area contributed by atoms with Crippen LogP contribution >= 0.6 is 11.6 Å².